The Hall–Kier alpha value is -4.11. The van der Waals surface area contributed by atoms with Crippen molar-refractivity contribution < 1.29 is 19.1 Å². The number of carbonyl (C=O) groups excluding carboxylic acids is 2. The number of hydrogen-bond donors (Lipinski definition) is 1. The van der Waals surface area contributed by atoms with Gasteiger partial charge in [-0.2, -0.15) is 0 Å². The van der Waals surface area contributed by atoms with Crippen molar-refractivity contribution >= 4 is 29.1 Å². The number of nitrogens with one attached hydrogen (secondary N) is 1. The number of nitrogens with zero attached hydrogens (tertiary/aromatic N) is 3. The number of anilines is 1. The van der Waals surface area contributed by atoms with Gasteiger partial charge in [0, 0.05) is 27.9 Å². The second-order valence-corrected chi connectivity index (χ2v) is 10.5. The van der Waals surface area contributed by atoms with Crippen molar-refractivity contribution in [1.29, 1.82) is 0 Å². The van der Waals surface area contributed by atoms with Crippen molar-refractivity contribution in [2.75, 3.05) is 17.9 Å². The molecule has 1 N–H and O–H groups in total. The number of para-hydroxylation sites is 1. The Balaban J connectivity index is 1.35. The molecule has 0 bridgehead atoms. The Bertz CT molecular complexity index is 1440. The molecule has 0 saturated heterocycles. The molecular formula is C28H26N4O4S. The molecule has 3 aromatic carbocycles. The number of carbonyl (C=O) groups is 2. The summed E-state index contributed by atoms with van der Waals surface area (Å²) >= 11 is 1.32. The van der Waals surface area contributed by atoms with Crippen LogP contribution in [0.15, 0.2) is 78.0 Å². The number of rotatable bonds is 7. The second kappa shape index (κ2) is 10.1. The number of benzene rings is 3. The number of amides is 1. The molecule has 1 aromatic heterocycles. The minimum absolute atomic E-state index is 0.0501. The summed E-state index contributed by atoms with van der Waals surface area (Å²) < 4.78 is 12.9. The third kappa shape index (κ3) is 5.36. The van der Waals surface area contributed by atoms with Gasteiger partial charge < -0.3 is 14.8 Å². The van der Waals surface area contributed by atoms with E-state index in [1.807, 2.05) is 73.9 Å². The van der Waals surface area contributed by atoms with E-state index in [9.17, 15) is 9.59 Å². The molecule has 1 aliphatic rings. The average molecular weight is 515 g/mol. The monoisotopic (exact) mass is 514 g/mol. The number of fused-ring (bicyclic) bond motifs is 1. The lowest BCUT2D eigenvalue weighted by Crippen LogP contribution is -2.27. The van der Waals surface area contributed by atoms with Crippen molar-refractivity contribution in [3.05, 3.63) is 78.4 Å². The van der Waals surface area contributed by atoms with Crippen molar-refractivity contribution in [1.82, 2.24) is 14.8 Å². The summed E-state index contributed by atoms with van der Waals surface area (Å²) in [4.78, 5) is 25.2. The smallest absolute Gasteiger partial charge is 0.231 e. The summed E-state index contributed by atoms with van der Waals surface area (Å²) in [5, 5.41) is 12.3. The van der Waals surface area contributed by atoms with Crippen LogP contribution in [0, 0.1) is 5.41 Å². The highest BCUT2D eigenvalue weighted by molar-refractivity contribution is 7.99. The third-order valence-corrected chi connectivity index (χ3v) is 6.69. The molecule has 0 fully saturated rings. The van der Waals surface area contributed by atoms with Crippen LogP contribution < -0.4 is 14.8 Å². The molecule has 0 radical (unpaired) electrons. The lowest BCUT2D eigenvalue weighted by molar-refractivity contribution is -0.123. The first-order chi connectivity index (χ1) is 17.8. The normalized spacial score (nSPS) is 12.4. The van der Waals surface area contributed by atoms with Gasteiger partial charge in [0.1, 0.15) is 0 Å². The SMILES string of the molecule is CC(C)(C)C(=O)Nc1ccc(C(=O)CSc2nnc(-c3ccc4c(c3)OCO4)n2-c2ccccc2)cc1. The molecule has 0 saturated carbocycles. The van der Waals surface area contributed by atoms with E-state index in [0.29, 0.717) is 33.7 Å². The Morgan fingerprint density at radius 2 is 1.68 bits per heavy atom. The van der Waals surface area contributed by atoms with Gasteiger partial charge in [0.2, 0.25) is 12.7 Å². The van der Waals surface area contributed by atoms with Crippen LogP contribution in [0.25, 0.3) is 17.1 Å². The van der Waals surface area contributed by atoms with Gasteiger partial charge in [0.25, 0.3) is 0 Å². The van der Waals surface area contributed by atoms with Crippen LogP contribution in [0.2, 0.25) is 0 Å². The molecule has 0 atom stereocenters. The Kier molecular flexibility index (Phi) is 6.71. The van der Waals surface area contributed by atoms with Gasteiger partial charge in [0.05, 0.1) is 5.75 Å². The maximum absolute atomic E-state index is 13.0. The average Bonchev–Trinajstić information content (AvgIpc) is 3.54. The Morgan fingerprint density at radius 1 is 0.946 bits per heavy atom. The zero-order chi connectivity index (χ0) is 26.0. The van der Waals surface area contributed by atoms with Gasteiger partial charge >= 0.3 is 0 Å². The zero-order valence-electron chi connectivity index (χ0n) is 20.7. The highest BCUT2D eigenvalue weighted by Gasteiger charge is 2.22. The standard InChI is InChI=1S/C28H26N4O4S/c1-28(2,3)26(34)29-20-12-9-18(10-13-20)22(33)16-37-27-31-30-25(32(27)21-7-5-4-6-8-21)19-11-14-23-24(15-19)36-17-35-23/h4-15H,16-17H2,1-3H3,(H,29,34). The minimum Gasteiger partial charge on any atom is -0.454 e. The number of aromatic nitrogens is 3. The summed E-state index contributed by atoms with van der Waals surface area (Å²) in [7, 11) is 0. The van der Waals surface area contributed by atoms with Crippen molar-refractivity contribution in [2.45, 2.75) is 25.9 Å². The maximum Gasteiger partial charge on any atom is 0.231 e. The number of hydrogen-bond acceptors (Lipinski definition) is 7. The van der Waals surface area contributed by atoms with Crippen LogP contribution in [0.1, 0.15) is 31.1 Å². The third-order valence-electron chi connectivity index (χ3n) is 5.76. The first-order valence-electron chi connectivity index (χ1n) is 11.8. The maximum atomic E-state index is 13.0. The van der Waals surface area contributed by atoms with E-state index in [4.69, 9.17) is 9.47 Å². The number of ether oxygens (including phenoxy) is 2. The summed E-state index contributed by atoms with van der Waals surface area (Å²) in [5.74, 6) is 2.04. The van der Waals surface area contributed by atoms with E-state index in [0.717, 1.165) is 11.3 Å². The van der Waals surface area contributed by atoms with Gasteiger partial charge in [-0.15, -0.1) is 10.2 Å². The Labute approximate surface area is 219 Å². The van der Waals surface area contributed by atoms with E-state index >= 15 is 0 Å². The zero-order valence-corrected chi connectivity index (χ0v) is 21.5. The highest BCUT2D eigenvalue weighted by atomic mass is 32.2. The van der Waals surface area contributed by atoms with E-state index in [1.54, 1.807) is 24.3 Å². The molecule has 8 nitrogen and oxygen atoms in total. The molecule has 2 heterocycles. The lowest BCUT2D eigenvalue weighted by atomic mass is 9.95. The lowest BCUT2D eigenvalue weighted by Gasteiger charge is -2.17. The number of Topliss-reactive ketones (excluding diaryl/α,β-unsaturated/α-hetero) is 1. The molecule has 1 amide bonds. The molecule has 0 aliphatic carbocycles. The van der Waals surface area contributed by atoms with E-state index in [1.165, 1.54) is 11.8 Å². The predicted molar refractivity (Wildman–Crippen MR) is 142 cm³/mol. The van der Waals surface area contributed by atoms with Crippen LogP contribution in [-0.2, 0) is 4.79 Å². The van der Waals surface area contributed by atoms with E-state index < -0.39 is 5.41 Å². The highest BCUT2D eigenvalue weighted by Crippen LogP contribution is 2.37. The predicted octanol–water partition coefficient (Wildman–Crippen LogP) is 5.62. The molecule has 9 heteroatoms. The molecule has 0 unspecified atom stereocenters. The van der Waals surface area contributed by atoms with Crippen LogP contribution in [-0.4, -0.2) is 39.0 Å². The minimum atomic E-state index is -0.501. The first kappa shape index (κ1) is 24.6. The topological polar surface area (TPSA) is 95.3 Å². The van der Waals surface area contributed by atoms with Crippen LogP contribution in [0.3, 0.4) is 0 Å². The number of ketones is 1. The fourth-order valence-corrected chi connectivity index (χ4v) is 4.51. The van der Waals surface area contributed by atoms with Gasteiger partial charge in [-0.1, -0.05) is 50.7 Å². The quantitative estimate of drug-likeness (QED) is 0.253. The summed E-state index contributed by atoms with van der Waals surface area (Å²) in [6, 6.07) is 22.3. The van der Waals surface area contributed by atoms with Crippen LogP contribution >= 0.6 is 11.8 Å². The summed E-state index contributed by atoms with van der Waals surface area (Å²) in [6.45, 7) is 5.74. The van der Waals surface area contributed by atoms with E-state index in [2.05, 4.69) is 15.5 Å². The molecular weight excluding hydrogens is 488 g/mol. The summed E-state index contributed by atoms with van der Waals surface area (Å²) in [6.07, 6.45) is 0. The van der Waals surface area contributed by atoms with Crippen molar-refractivity contribution in [3.63, 3.8) is 0 Å². The first-order valence-corrected chi connectivity index (χ1v) is 12.8. The van der Waals surface area contributed by atoms with Crippen LogP contribution in [0.5, 0.6) is 11.5 Å². The molecule has 4 aromatic rings. The number of thioether (sulfide) groups is 1. The Morgan fingerprint density at radius 3 is 2.41 bits per heavy atom. The molecule has 188 valence electrons. The molecule has 1 aliphatic heterocycles. The van der Waals surface area contributed by atoms with Gasteiger partial charge in [-0.25, -0.2) is 0 Å². The van der Waals surface area contributed by atoms with Crippen molar-refractivity contribution in [3.8, 4) is 28.6 Å². The molecule has 37 heavy (non-hydrogen) atoms. The second-order valence-electron chi connectivity index (χ2n) is 9.54. The molecule has 0 spiro atoms. The van der Waals surface area contributed by atoms with Crippen molar-refractivity contribution in [2.24, 2.45) is 5.41 Å². The largest absolute Gasteiger partial charge is 0.454 e. The van der Waals surface area contributed by atoms with E-state index in [-0.39, 0.29) is 24.2 Å². The fraction of sp³-hybridized carbons (Fsp3) is 0.214. The van der Waals surface area contributed by atoms with Gasteiger partial charge in [-0.05, 0) is 54.6 Å². The molecule has 5 rings (SSSR count). The van der Waals surface area contributed by atoms with Gasteiger partial charge in [-0.3, -0.25) is 14.2 Å². The van der Waals surface area contributed by atoms with Crippen LogP contribution in [0.4, 0.5) is 5.69 Å². The summed E-state index contributed by atoms with van der Waals surface area (Å²) in [5.41, 5.74) is 2.42. The fourth-order valence-electron chi connectivity index (χ4n) is 3.67. The van der Waals surface area contributed by atoms with Gasteiger partial charge in [0.15, 0.2) is 28.3 Å².